The second-order valence-electron chi connectivity index (χ2n) is 7.39. The maximum atomic E-state index is 11.7. The number of aliphatic imine (C=N–C) groups is 1. The fourth-order valence-electron chi connectivity index (χ4n) is 2.75. The maximum absolute atomic E-state index is 11.7. The second-order valence-corrected chi connectivity index (χ2v) is 10.6. The molecule has 1 saturated carbocycles. The molecule has 0 N–H and O–H groups in total. The highest BCUT2D eigenvalue weighted by Gasteiger charge is 2.45. The van der Waals surface area contributed by atoms with Crippen LogP contribution in [0.2, 0.25) is 0 Å². The molecule has 0 unspecified atom stereocenters. The summed E-state index contributed by atoms with van der Waals surface area (Å²) in [5.74, 6) is 2.67. The summed E-state index contributed by atoms with van der Waals surface area (Å²) in [5, 5.41) is 0. The quantitative estimate of drug-likeness (QED) is 0.632. The largest absolute Gasteiger partial charge is 0.478 e. The molecule has 1 aromatic carbocycles. The Morgan fingerprint density at radius 3 is 2.32 bits per heavy atom. The predicted octanol–water partition coefficient (Wildman–Crippen LogP) is 3.82. The lowest BCUT2D eigenvalue weighted by atomic mass is 9.87. The van der Waals surface area contributed by atoms with Crippen LogP contribution in [0.25, 0.3) is 0 Å². The van der Waals surface area contributed by atoms with Crippen LogP contribution in [0.15, 0.2) is 34.2 Å². The van der Waals surface area contributed by atoms with E-state index in [-0.39, 0.29) is 11.5 Å². The van der Waals surface area contributed by atoms with Crippen LogP contribution in [0, 0.1) is 34.0 Å². The molecule has 0 aromatic heterocycles. The minimum absolute atomic E-state index is 0.0527. The number of rotatable bonds is 3. The number of nitrogens with zero attached hydrogens (tertiary/aromatic N) is 1. The van der Waals surface area contributed by atoms with Gasteiger partial charge in [0, 0.05) is 12.2 Å². The Labute approximate surface area is 164 Å². The highest BCUT2D eigenvalue weighted by molar-refractivity contribution is 14.1. The van der Waals surface area contributed by atoms with E-state index in [2.05, 4.69) is 43.4 Å². The van der Waals surface area contributed by atoms with Crippen LogP contribution in [0.4, 0.5) is 0 Å². The van der Waals surface area contributed by atoms with Gasteiger partial charge in [0.25, 0.3) is 0 Å². The van der Waals surface area contributed by atoms with Crippen molar-refractivity contribution in [3.63, 3.8) is 0 Å². The van der Waals surface area contributed by atoms with Crippen molar-refractivity contribution in [1.29, 1.82) is 0 Å². The standard InChI is InChI=1S/C19H21INO3S/c1-19(2,3)16-11-24-18(21-16)17-14(9-10-15(17)20)12-5-7-13(8-6-12)25(4,22)23/h5-10,16H,11H2,1-4H3/t16-/m1/s1. The molecule has 1 atom stereocenters. The molecule has 0 saturated heterocycles. The summed E-state index contributed by atoms with van der Waals surface area (Å²) in [6, 6.07) is 7.09. The van der Waals surface area contributed by atoms with Gasteiger partial charge in [-0.15, -0.1) is 0 Å². The Kier molecular flexibility index (Phi) is 5.23. The first kappa shape index (κ1) is 19.1. The van der Waals surface area contributed by atoms with E-state index in [1.165, 1.54) is 6.26 Å². The molecule has 5 radical (unpaired) electrons. The van der Waals surface area contributed by atoms with Gasteiger partial charge in [0.05, 0.1) is 20.8 Å². The first-order valence-corrected chi connectivity index (χ1v) is 11.0. The van der Waals surface area contributed by atoms with E-state index < -0.39 is 9.84 Å². The van der Waals surface area contributed by atoms with Crippen molar-refractivity contribution in [2.75, 3.05) is 12.9 Å². The van der Waals surface area contributed by atoms with Crippen LogP contribution in [0.1, 0.15) is 26.3 Å². The van der Waals surface area contributed by atoms with E-state index in [0.717, 1.165) is 21.3 Å². The van der Waals surface area contributed by atoms with E-state index >= 15 is 0 Å². The average Bonchev–Trinajstić information content (AvgIpc) is 3.12. The Hall–Kier alpha value is -0.630. The lowest BCUT2D eigenvalue weighted by Gasteiger charge is -2.22. The zero-order valence-corrected chi connectivity index (χ0v) is 17.7. The Bertz CT molecular complexity index is 765. The molecule has 25 heavy (non-hydrogen) atoms. The van der Waals surface area contributed by atoms with Crippen LogP contribution in [-0.2, 0) is 14.6 Å². The van der Waals surface area contributed by atoms with E-state index in [1.54, 1.807) is 12.1 Å². The first-order chi connectivity index (χ1) is 11.6. The highest BCUT2D eigenvalue weighted by Crippen LogP contribution is 2.49. The van der Waals surface area contributed by atoms with Gasteiger partial charge in [-0.1, -0.05) is 55.5 Å². The van der Waals surface area contributed by atoms with Gasteiger partial charge in [-0.3, -0.25) is 0 Å². The van der Waals surface area contributed by atoms with Gasteiger partial charge in [0.2, 0.25) is 0 Å². The van der Waals surface area contributed by atoms with Gasteiger partial charge in [-0.05, 0) is 36.0 Å². The fraction of sp³-hybridized carbons (Fsp3) is 0.368. The van der Waals surface area contributed by atoms with Gasteiger partial charge in [0.15, 0.2) is 15.7 Å². The summed E-state index contributed by atoms with van der Waals surface area (Å²) < 4.78 is 30.3. The number of ether oxygens (including phenoxy) is 1. The van der Waals surface area contributed by atoms with Crippen molar-refractivity contribution in [2.24, 2.45) is 10.4 Å². The Morgan fingerprint density at radius 2 is 1.80 bits per heavy atom. The van der Waals surface area contributed by atoms with Crippen molar-refractivity contribution in [1.82, 2.24) is 0 Å². The van der Waals surface area contributed by atoms with Gasteiger partial charge < -0.3 is 4.74 Å². The fourth-order valence-corrected chi connectivity index (χ4v) is 4.08. The number of hydrogen-bond acceptors (Lipinski definition) is 4. The minimum Gasteiger partial charge on any atom is -0.478 e. The normalized spacial score (nSPS) is 23.7. The molecule has 1 aliphatic heterocycles. The molecule has 0 spiro atoms. The van der Waals surface area contributed by atoms with Crippen molar-refractivity contribution in [2.45, 2.75) is 31.7 Å². The number of hydrogen-bond donors (Lipinski definition) is 0. The van der Waals surface area contributed by atoms with E-state index in [4.69, 9.17) is 9.73 Å². The predicted molar refractivity (Wildman–Crippen MR) is 108 cm³/mol. The monoisotopic (exact) mass is 470 g/mol. The molecule has 3 rings (SSSR count). The molecule has 0 amide bonds. The summed E-state index contributed by atoms with van der Waals surface area (Å²) in [6.45, 7) is 7.07. The highest BCUT2D eigenvalue weighted by atomic mass is 127. The van der Waals surface area contributed by atoms with Crippen molar-refractivity contribution in [3.8, 4) is 0 Å². The maximum Gasteiger partial charge on any atom is 0.193 e. The topological polar surface area (TPSA) is 55.7 Å². The molecular weight excluding hydrogens is 449 g/mol. The van der Waals surface area contributed by atoms with Crippen molar-refractivity contribution >= 4 is 38.3 Å². The minimum atomic E-state index is -3.20. The lowest BCUT2D eigenvalue weighted by molar-refractivity contribution is 0.234. The molecule has 2 aliphatic rings. The smallest absolute Gasteiger partial charge is 0.193 e. The summed E-state index contributed by atoms with van der Waals surface area (Å²) in [7, 11) is -3.20. The molecule has 4 nitrogen and oxygen atoms in total. The van der Waals surface area contributed by atoms with Crippen LogP contribution < -0.4 is 0 Å². The second kappa shape index (κ2) is 6.83. The molecular formula is C19H21INO3S. The number of halogens is 1. The van der Waals surface area contributed by atoms with Crippen LogP contribution in [-0.4, -0.2) is 33.2 Å². The van der Waals surface area contributed by atoms with Gasteiger partial charge >= 0.3 is 0 Å². The third-order valence-electron chi connectivity index (χ3n) is 4.36. The lowest BCUT2D eigenvalue weighted by Crippen LogP contribution is -2.25. The third kappa shape index (κ3) is 4.04. The number of sulfone groups is 1. The van der Waals surface area contributed by atoms with Crippen LogP contribution in [0.3, 0.4) is 0 Å². The molecule has 6 heteroatoms. The van der Waals surface area contributed by atoms with E-state index in [0.29, 0.717) is 17.4 Å². The summed E-state index contributed by atoms with van der Waals surface area (Å²) in [6.07, 6.45) is 5.28. The Morgan fingerprint density at radius 1 is 1.16 bits per heavy atom. The van der Waals surface area contributed by atoms with E-state index in [1.807, 2.05) is 25.0 Å². The number of benzene rings is 1. The molecule has 0 bridgehead atoms. The van der Waals surface area contributed by atoms with Gasteiger partial charge in [-0.2, -0.15) is 0 Å². The van der Waals surface area contributed by atoms with Crippen LogP contribution >= 0.6 is 22.6 Å². The molecule has 1 aromatic rings. The molecule has 133 valence electrons. The first-order valence-electron chi connectivity index (χ1n) is 8.04. The van der Waals surface area contributed by atoms with Gasteiger partial charge in [-0.25, -0.2) is 13.4 Å². The molecule has 1 fully saturated rings. The molecule has 1 heterocycles. The van der Waals surface area contributed by atoms with Crippen molar-refractivity contribution in [3.05, 3.63) is 58.4 Å². The summed E-state index contributed by atoms with van der Waals surface area (Å²) in [5.41, 5.74) is 1.01. The molecule has 1 aliphatic carbocycles. The zero-order chi connectivity index (χ0) is 18.4. The zero-order valence-electron chi connectivity index (χ0n) is 14.7. The van der Waals surface area contributed by atoms with Crippen LogP contribution in [0.5, 0.6) is 0 Å². The third-order valence-corrected chi connectivity index (χ3v) is 6.39. The average molecular weight is 470 g/mol. The summed E-state index contributed by atoms with van der Waals surface area (Å²) in [4.78, 5) is 5.12. The van der Waals surface area contributed by atoms with Crippen molar-refractivity contribution < 1.29 is 13.2 Å². The Balaban J connectivity index is 1.87. The SMILES string of the molecule is CC(C)(C)[C@H]1COC([C]2[C](I)[CH][CH][C]2c2ccc(S(C)(=O)=O)cc2)=N1. The summed E-state index contributed by atoms with van der Waals surface area (Å²) >= 11 is 2.29. The van der Waals surface area contributed by atoms with Gasteiger partial charge in [0.1, 0.15) is 6.61 Å². The van der Waals surface area contributed by atoms with E-state index in [9.17, 15) is 8.42 Å².